The first-order valence-corrected chi connectivity index (χ1v) is 6.56. The van der Waals surface area contributed by atoms with E-state index in [1.807, 2.05) is 19.9 Å². The van der Waals surface area contributed by atoms with Crippen molar-refractivity contribution in [3.8, 4) is 6.07 Å². The summed E-state index contributed by atoms with van der Waals surface area (Å²) in [5.41, 5.74) is 1.97. The Morgan fingerprint density at radius 3 is 2.80 bits per heavy atom. The lowest BCUT2D eigenvalue weighted by molar-refractivity contribution is 1.05. The fourth-order valence-electron chi connectivity index (χ4n) is 1.73. The molecule has 0 spiro atoms. The Morgan fingerprint density at radius 1 is 1.30 bits per heavy atom. The van der Waals surface area contributed by atoms with Crippen LogP contribution in [0.2, 0.25) is 5.02 Å². The average Bonchev–Trinajstić information content (AvgIpc) is 2.38. The van der Waals surface area contributed by atoms with E-state index in [4.69, 9.17) is 16.9 Å². The second-order valence-corrected chi connectivity index (χ2v) is 4.61. The second kappa shape index (κ2) is 6.22. The molecule has 6 heteroatoms. The van der Waals surface area contributed by atoms with E-state index in [-0.39, 0.29) is 0 Å². The van der Waals surface area contributed by atoms with Crippen molar-refractivity contribution in [3.63, 3.8) is 0 Å². The summed E-state index contributed by atoms with van der Waals surface area (Å²) >= 11 is 5.96. The molecule has 5 nitrogen and oxygen atoms in total. The Morgan fingerprint density at radius 2 is 2.10 bits per heavy atom. The third-order valence-corrected chi connectivity index (χ3v) is 2.79. The van der Waals surface area contributed by atoms with Crippen molar-refractivity contribution in [2.75, 3.05) is 17.2 Å². The first-order chi connectivity index (χ1) is 9.62. The minimum atomic E-state index is 0.510. The molecule has 0 unspecified atom stereocenters. The third-order valence-electron chi connectivity index (χ3n) is 2.55. The number of nitrogens with zero attached hydrogens (tertiary/aromatic N) is 3. The molecule has 0 aliphatic heterocycles. The Hall–Kier alpha value is -2.32. The van der Waals surface area contributed by atoms with Gasteiger partial charge in [-0.2, -0.15) is 10.2 Å². The van der Waals surface area contributed by atoms with Crippen LogP contribution in [-0.2, 0) is 0 Å². The highest BCUT2D eigenvalue weighted by Gasteiger charge is 2.06. The topological polar surface area (TPSA) is 73.6 Å². The summed E-state index contributed by atoms with van der Waals surface area (Å²) in [5.74, 6) is 1.17. The van der Waals surface area contributed by atoms with Gasteiger partial charge in [0.1, 0.15) is 11.9 Å². The molecule has 102 valence electrons. The van der Waals surface area contributed by atoms with Crippen LogP contribution in [0.25, 0.3) is 0 Å². The number of hydrogen-bond donors (Lipinski definition) is 2. The monoisotopic (exact) mass is 287 g/mol. The molecular weight excluding hydrogens is 274 g/mol. The first kappa shape index (κ1) is 14.1. The van der Waals surface area contributed by atoms with Crippen molar-refractivity contribution in [1.82, 2.24) is 9.97 Å². The van der Waals surface area contributed by atoms with Gasteiger partial charge in [0.25, 0.3) is 0 Å². The van der Waals surface area contributed by atoms with Crippen LogP contribution in [0.3, 0.4) is 0 Å². The van der Waals surface area contributed by atoms with Crippen molar-refractivity contribution in [3.05, 3.63) is 40.5 Å². The van der Waals surface area contributed by atoms with Crippen molar-refractivity contribution < 1.29 is 0 Å². The fraction of sp³-hybridized carbons (Fsp3) is 0.214. The Balaban J connectivity index is 2.35. The molecule has 2 N–H and O–H groups in total. The van der Waals surface area contributed by atoms with E-state index in [0.717, 1.165) is 12.2 Å². The molecule has 1 aromatic heterocycles. The first-order valence-electron chi connectivity index (χ1n) is 6.18. The largest absolute Gasteiger partial charge is 0.354 e. The van der Waals surface area contributed by atoms with Gasteiger partial charge in [0, 0.05) is 23.3 Å². The van der Waals surface area contributed by atoms with Crippen molar-refractivity contribution in [1.29, 1.82) is 5.26 Å². The zero-order valence-electron chi connectivity index (χ0n) is 11.2. The highest BCUT2D eigenvalue weighted by molar-refractivity contribution is 6.30. The standard InChI is InChI=1S/C14H14ClN5/c1-3-17-14-18-9(2)6-13(20-14)19-12-7-11(15)5-4-10(12)8-16/h4-7H,3H2,1-2H3,(H2,17,18,19,20). The SMILES string of the molecule is CCNc1nc(C)cc(Nc2cc(Cl)ccc2C#N)n1. The summed E-state index contributed by atoms with van der Waals surface area (Å²) in [7, 11) is 0. The molecule has 2 aromatic rings. The van der Waals surface area contributed by atoms with Gasteiger partial charge >= 0.3 is 0 Å². The average molecular weight is 288 g/mol. The number of benzene rings is 1. The molecule has 20 heavy (non-hydrogen) atoms. The van der Waals surface area contributed by atoms with E-state index < -0.39 is 0 Å². The van der Waals surface area contributed by atoms with Crippen LogP contribution in [0.4, 0.5) is 17.5 Å². The van der Waals surface area contributed by atoms with E-state index in [1.54, 1.807) is 18.2 Å². The van der Waals surface area contributed by atoms with Crippen LogP contribution in [-0.4, -0.2) is 16.5 Å². The maximum absolute atomic E-state index is 9.10. The molecule has 0 saturated heterocycles. The normalized spacial score (nSPS) is 9.90. The third kappa shape index (κ3) is 3.37. The number of halogens is 1. The van der Waals surface area contributed by atoms with E-state index >= 15 is 0 Å². The number of nitrogens with one attached hydrogen (secondary N) is 2. The Kier molecular flexibility index (Phi) is 4.38. The van der Waals surface area contributed by atoms with Crippen LogP contribution in [0.5, 0.6) is 0 Å². The molecule has 0 atom stereocenters. The smallest absolute Gasteiger partial charge is 0.224 e. The molecule has 1 aromatic carbocycles. The fourth-order valence-corrected chi connectivity index (χ4v) is 1.90. The van der Waals surface area contributed by atoms with E-state index in [0.29, 0.717) is 28.0 Å². The highest BCUT2D eigenvalue weighted by Crippen LogP contribution is 2.24. The molecule has 0 radical (unpaired) electrons. The van der Waals surface area contributed by atoms with Gasteiger partial charge in [-0.1, -0.05) is 11.6 Å². The van der Waals surface area contributed by atoms with E-state index in [2.05, 4.69) is 26.7 Å². The maximum atomic E-state index is 9.10. The van der Waals surface area contributed by atoms with Gasteiger partial charge in [-0.3, -0.25) is 0 Å². The second-order valence-electron chi connectivity index (χ2n) is 4.18. The van der Waals surface area contributed by atoms with Gasteiger partial charge in [0.15, 0.2) is 0 Å². The molecule has 1 heterocycles. The van der Waals surface area contributed by atoms with Crippen molar-refractivity contribution in [2.45, 2.75) is 13.8 Å². The molecule has 0 bridgehead atoms. The molecule has 0 saturated carbocycles. The predicted molar refractivity (Wildman–Crippen MR) is 80.4 cm³/mol. The van der Waals surface area contributed by atoms with Crippen LogP contribution in [0, 0.1) is 18.3 Å². The summed E-state index contributed by atoms with van der Waals surface area (Å²) in [6.45, 7) is 4.60. The molecule has 0 aliphatic rings. The summed E-state index contributed by atoms with van der Waals surface area (Å²) in [4.78, 5) is 8.61. The van der Waals surface area contributed by atoms with Crippen molar-refractivity contribution in [2.24, 2.45) is 0 Å². The van der Waals surface area contributed by atoms with E-state index in [9.17, 15) is 0 Å². The predicted octanol–water partition coefficient (Wildman–Crippen LogP) is 3.49. The van der Waals surface area contributed by atoms with Crippen molar-refractivity contribution >= 4 is 29.1 Å². The number of hydrogen-bond acceptors (Lipinski definition) is 5. The lowest BCUT2D eigenvalue weighted by Gasteiger charge is -2.10. The molecular formula is C14H14ClN5. The van der Waals surface area contributed by atoms with E-state index in [1.165, 1.54) is 0 Å². The van der Waals surface area contributed by atoms with Crippen LogP contribution in [0.15, 0.2) is 24.3 Å². The van der Waals surface area contributed by atoms with Gasteiger partial charge < -0.3 is 10.6 Å². The lowest BCUT2D eigenvalue weighted by Crippen LogP contribution is -2.05. The van der Waals surface area contributed by atoms with Crippen LogP contribution in [0.1, 0.15) is 18.2 Å². The minimum absolute atomic E-state index is 0.510. The van der Waals surface area contributed by atoms with Gasteiger partial charge in [0.05, 0.1) is 11.3 Å². The minimum Gasteiger partial charge on any atom is -0.354 e. The summed E-state index contributed by atoms with van der Waals surface area (Å²) < 4.78 is 0. The number of aromatic nitrogens is 2. The van der Waals surface area contributed by atoms with Crippen LogP contribution >= 0.6 is 11.6 Å². The van der Waals surface area contributed by atoms with Gasteiger partial charge in [-0.05, 0) is 32.0 Å². The highest BCUT2D eigenvalue weighted by atomic mass is 35.5. The lowest BCUT2D eigenvalue weighted by atomic mass is 10.2. The zero-order valence-corrected chi connectivity index (χ0v) is 12.0. The molecule has 0 fully saturated rings. The van der Waals surface area contributed by atoms with Crippen LogP contribution < -0.4 is 10.6 Å². The Labute approximate surface area is 122 Å². The van der Waals surface area contributed by atoms with Gasteiger partial charge in [-0.15, -0.1) is 0 Å². The summed E-state index contributed by atoms with van der Waals surface area (Å²) in [6.07, 6.45) is 0. The quantitative estimate of drug-likeness (QED) is 0.900. The van der Waals surface area contributed by atoms with Gasteiger partial charge in [0.2, 0.25) is 5.95 Å². The summed E-state index contributed by atoms with van der Waals surface area (Å²) in [6, 6.07) is 8.98. The van der Waals surface area contributed by atoms with Gasteiger partial charge in [-0.25, -0.2) is 4.98 Å². The molecule has 2 rings (SSSR count). The number of aryl methyl sites for hydroxylation is 1. The molecule has 0 amide bonds. The zero-order chi connectivity index (χ0) is 14.5. The summed E-state index contributed by atoms with van der Waals surface area (Å²) in [5, 5.41) is 15.8. The number of rotatable bonds is 4. The Bertz CT molecular complexity index is 663. The molecule has 0 aliphatic carbocycles. The number of anilines is 3. The maximum Gasteiger partial charge on any atom is 0.224 e. The number of nitriles is 1.